The van der Waals surface area contributed by atoms with Crippen molar-refractivity contribution in [3.05, 3.63) is 21.7 Å². The summed E-state index contributed by atoms with van der Waals surface area (Å²) in [4.78, 5) is 3.14. The van der Waals surface area contributed by atoms with Gasteiger partial charge in [0.05, 0.1) is 12.2 Å². The second-order valence-electron chi connectivity index (χ2n) is 10.2. The summed E-state index contributed by atoms with van der Waals surface area (Å²) < 4.78 is 6.49. The molecular weight excluding hydrogens is 322 g/mol. The highest BCUT2D eigenvalue weighted by Crippen LogP contribution is 2.66. The molecule has 4 fully saturated rings. The summed E-state index contributed by atoms with van der Waals surface area (Å²) in [6.45, 7) is 5.05. The largest absolute Gasteiger partial charge is 0.374 e. The highest BCUT2D eigenvalue weighted by molar-refractivity contribution is 5.29. The fourth-order valence-electron chi connectivity index (χ4n) is 7.66. The summed E-state index contributed by atoms with van der Waals surface area (Å²) in [7, 11) is 0. The molecule has 0 aromatic heterocycles. The molecule has 0 aromatic carbocycles. The Morgan fingerprint density at radius 1 is 1.00 bits per heavy atom. The Morgan fingerprint density at radius 3 is 2.62 bits per heavy atom. The molecule has 4 saturated carbocycles. The summed E-state index contributed by atoms with van der Waals surface area (Å²) in [6.07, 6.45) is 14.9. The van der Waals surface area contributed by atoms with Crippen LogP contribution in [0.2, 0.25) is 0 Å². The average molecular weight is 356 g/mol. The van der Waals surface area contributed by atoms with Gasteiger partial charge in [-0.2, -0.15) is 0 Å². The minimum Gasteiger partial charge on any atom is -0.374 e. The summed E-state index contributed by atoms with van der Waals surface area (Å²) in [6, 6.07) is 0. The van der Waals surface area contributed by atoms with Crippen molar-refractivity contribution in [1.29, 1.82) is 0 Å². The van der Waals surface area contributed by atoms with Gasteiger partial charge in [-0.3, -0.25) is 0 Å². The van der Waals surface area contributed by atoms with Crippen LogP contribution in [0.15, 0.2) is 16.4 Å². The molecule has 0 aliphatic heterocycles. The number of hydrogen-bond acceptors (Lipinski definition) is 2. The van der Waals surface area contributed by atoms with Crippen LogP contribution < -0.4 is 0 Å². The van der Waals surface area contributed by atoms with Gasteiger partial charge in [-0.15, -0.1) is 0 Å². The Labute approximate surface area is 157 Å². The molecule has 6 atom stereocenters. The molecule has 0 heterocycles. The van der Waals surface area contributed by atoms with E-state index in [0.717, 1.165) is 36.3 Å². The number of allylic oxidation sites excluding steroid dienone is 2. The first-order valence-corrected chi connectivity index (χ1v) is 11.0. The average Bonchev–Trinajstić information content (AvgIpc) is 3.37. The third-order valence-corrected chi connectivity index (χ3v) is 9.09. The highest BCUT2D eigenvalue weighted by atomic mass is 16.5. The van der Waals surface area contributed by atoms with Gasteiger partial charge in [0.1, 0.15) is 0 Å². The first-order chi connectivity index (χ1) is 12.6. The number of nitrogens with zero attached hydrogens (tertiary/aromatic N) is 3. The second-order valence-corrected chi connectivity index (χ2v) is 10.2. The van der Waals surface area contributed by atoms with E-state index in [-0.39, 0.29) is 5.41 Å². The van der Waals surface area contributed by atoms with E-state index in [2.05, 4.69) is 23.9 Å². The van der Waals surface area contributed by atoms with Crippen molar-refractivity contribution in [2.24, 2.45) is 33.7 Å². The molecule has 5 aliphatic rings. The molecule has 142 valence electrons. The van der Waals surface area contributed by atoms with Crippen molar-refractivity contribution in [2.75, 3.05) is 0 Å². The zero-order valence-electron chi connectivity index (χ0n) is 16.4. The van der Waals surface area contributed by atoms with E-state index >= 15 is 0 Å². The van der Waals surface area contributed by atoms with Crippen LogP contribution in [-0.2, 0) is 4.74 Å². The molecule has 26 heavy (non-hydrogen) atoms. The maximum atomic E-state index is 9.00. The molecule has 5 aliphatic carbocycles. The van der Waals surface area contributed by atoms with Crippen LogP contribution in [0, 0.1) is 28.6 Å². The monoisotopic (exact) mass is 355 g/mol. The third-order valence-electron chi connectivity index (χ3n) is 9.09. The van der Waals surface area contributed by atoms with Crippen LogP contribution in [-0.4, -0.2) is 12.2 Å². The van der Waals surface area contributed by atoms with Crippen molar-refractivity contribution in [3.8, 4) is 0 Å². The van der Waals surface area contributed by atoms with Crippen LogP contribution in [0.4, 0.5) is 0 Å². The molecule has 0 unspecified atom stereocenters. The molecular formula is C22H33N3O. The van der Waals surface area contributed by atoms with Gasteiger partial charge >= 0.3 is 0 Å². The molecule has 0 aromatic rings. The van der Waals surface area contributed by atoms with Crippen molar-refractivity contribution >= 4 is 0 Å². The third kappa shape index (κ3) is 2.41. The predicted octanol–water partition coefficient (Wildman–Crippen LogP) is 6.52. The fourth-order valence-corrected chi connectivity index (χ4v) is 7.66. The highest BCUT2D eigenvalue weighted by Gasteiger charge is 2.59. The zero-order valence-corrected chi connectivity index (χ0v) is 16.4. The number of azide groups is 1. The van der Waals surface area contributed by atoms with Crippen molar-refractivity contribution in [1.82, 2.24) is 0 Å². The van der Waals surface area contributed by atoms with Crippen LogP contribution >= 0.6 is 0 Å². The summed E-state index contributed by atoms with van der Waals surface area (Å²) in [5, 5.41) is 4.12. The first-order valence-electron chi connectivity index (χ1n) is 11.0. The lowest BCUT2D eigenvalue weighted by atomic mass is 9.47. The van der Waals surface area contributed by atoms with Gasteiger partial charge < -0.3 is 4.74 Å². The van der Waals surface area contributed by atoms with Crippen molar-refractivity contribution < 1.29 is 4.74 Å². The van der Waals surface area contributed by atoms with Gasteiger partial charge in [0, 0.05) is 10.6 Å². The van der Waals surface area contributed by atoms with Gasteiger partial charge in [0.25, 0.3) is 0 Å². The van der Waals surface area contributed by atoms with E-state index in [1.54, 1.807) is 0 Å². The maximum absolute atomic E-state index is 9.00. The van der Waals surface area contributed by atoms with Gasteiger partial charge in [-0.25, -0.2) is 0 Å². The van der Waals surface area contributed by atoms with Crippen LogP contribution in [0.1, 0.15) is 84.5 Å². The van der Waals surface area contributed by atoms with Gasteiger partial charge in [0.15, 0.2) is 0 Å². The molecule has 4 heteroatoms. The molecule has 0 spiro atoms. The number of hydrogen-bond donors (Lipinski definition) is 0. The summed E-state index contributed by atoms with van der Waals surface area (Å²) in [5.74, 6) is 2.47. The SMILES string of the molecule is C[C@]12CC[C@H]3[C@@H](CCC4=C(N=[N+]=[N-])CCC[C@@]43C)[C@@H]1CC[C@@H]2OC1CC1. The van der Waals surface area contributed by atoms with Crippen LogP contribution in [0.3, 0.4) is 0 Å². The normalized spacial score (nSPS) is 47.6. The van der Waals surface area contributed by atoms with Gasteiger partial charge in [-0.1, -0.05) is 24.5 Å². The van der Waals surface area contributed by atoms with Gasteiger partial charge in [0.2, 0.25) is 0 Å². The molecule has 0 amide bonds. The standard InChI is InChI=1S/C22H33N3O/c1-21-12-3-4-19(24-25-23)18(21)8-7-15-16-9-10-20(26-14-5-6-14)22(16,2)13-11-17(15)21/h14-17,20H,3-13H2,1-2H3/t15-,16-,17-,20-,21+,22-/m0/s1. The predicted molar refractivity (Wildman–Crippen MR) is 102 cm³/mol. The minimum absolute atomic E-state index is 0.279. The summed E-state index contributed by atoms with van der Waals surface area (Å²) >= 11 is 0. The lowest BCUT2D eigenvalue weighted by Crippen LogP contribution is -2.51. The lowest BCUT2D eigenvalue weighted by molar-refractivity contribution is -0.100. The molecule has 0 saturated heterocycles. The Kier molecular flexibility index (Phi) is 3.96. The summed E-state index contributed by atoms with van der Waals surface area (Å²) in [5.41, 5.74) is 12.3. The van der Waals surface area contributed by atoms with Crippen LogP contribution in [0.5, 0.6) is 0 Å². The quantitative estimate of drug-likeness (QED) is 0.323. The minimum atomic E-state index is 0.279. The van der Waals surface area contributed by atoms with E-state index in [1.807, 2.05) is 0 Å². The van der Waals surface area contributed by atoms with E-state index < -0.39 is 0 Å². The molecule has 0 N–H and O–H groups in total. The van der Waals surface area contributed by atoms with E-state index in [1.165, 1.54) is 63.4 Å². The Hall–Kier alpha value is -0.990. The smallest absolute Gasteiger partial charge is 0.0635 e. The van der Waals surface area contributed by atoms with E-state index in [4.69, 9.17) is 10.3 Å². The first kappa shape index (κ1) is 17.1. The Balaban J connectivity index is 1.44. The number of ether oxygens (including phenoxy) is 1. The van der Waals surface area contributed by atoms with E-state index in [9.17, 15) is 0 Å². The Morgan fingerprint density at radius 2 is 1.85 bits per heavy atom. The van der Waals surface area contributed by atoms with Crippen LogP contribution in [0.25, 0.3) is 10.4 Å². The second kappa shape index (κ2) is 6.01. The fraction of sp³-hybridized carbons (Fsp3) is 0.909. The topological polar surface area (TPSA) is 58.0 Å². The maximum Gasteiger partial charge on any atom is 0.0635 e. The molecule has 0 radical (unpaired) electrons. The zero-order chi connectivity index (χ0) is 17.9. The number of fused-ring (bicyclic) bond motifs is 5. The molecule has 0 bridgehead atoms. The van der Waals surface area contributed by atoms with Crippen molar-refractivity contribution in [3.63, 3.8) is 0 Å². The lowest BCUT2D eigenvalue weighted by Gasteiger charge is -2.58. The number of rotatable bonds is 3. The van der Waals surface area contributed by atoms with Gasteiger partial charge in [-0.05, 0) is 105 Å². The Bertz CT molecular complexity index is 677. The van der Waals surface area contributed by atoms with Crippen molar-refractivity contribution in [2.45, 2.75) is 96.7 Å². The molecule has 4 nitrogen and oxygen atoms in total. The molecule has 5 rings (SSSR count). The van der Waals surface area contributed by atoms with E-state index in [0.29, 0.717) is 17.6 Å².